The van der Waals surface area contributed by atoms with Crippen LogP contribution in [0.15, 0.2) is 64.9 Å². The topological polar surface area (TPSA) is 114 Å². The smallest absolute Gasteiger partial charge is 0.350 e. The molecule has 0 saturated carbocycles. The van der Waals surface area contributed by atoms with Gasteiger partial charge in [0.05, 0.1) is 30.9 Å². The van der Waals surface area contributed by atoms with E-state index in [0.717, 1.165) is 22.5 Å². The predicted molar refractivity (Wildman–Crippen MR) is 125 cm³/mol. The molecule has 176 valence electrons. The number of nitrogens with two attached hydrogens (primary N) is 1. The quantitative estimate of drug-likeness (QED) is 0.318. The molecule has 3 rings (SSSR count). The Morgan fingerprint density at radius 3 is 2.42 bits per heavy atom. The molecule has 0 saturated heterocycles. The van der Waals surface area contributed by atoms with Crippen LogP contribution in [0.1, 0.15) is 20.8 Å². The first-order valence-corrected chi connectivity index (χ1v) is 12.3. The standard InChI is InChI=1S/C23H25NO7S2/c1-16-8-10-19(11-9-16)33(26,27)31-18(13-29-12-17-6-4-3-5-7-17)14-30-20-15-32-22(21(20)24)23(25)28-2/h3-11,15,18H,12-14,24H2,1-2H3/t18-/m1/s1. The first kappa shape index (κ1) is 24.7. The minimum atomic E-state index is -4.06. The minimum Gasteiger partial charge on any atom is -0.488 e. The van der Waals surface area contributed by atoms with Gasteiger partial charge in [0.15, 0.2) is 5.75 Å². The molecule has 2 aromatic carbocycles. The summed E-state index contributed by atoms with van der Waals surface area (Å²) in [6, 6.07) is 15.8. The molecular weight excluding hydrogens is 466 g/mol. The average Bonchev–Trinajstić information content (AvgIpc) is 3.18. The second-order valence-electron chi connectivity index (χ2n) is 7.13. The Labute approximate surface area is 197 Å². The fourth-order valence-electron chi connectivity index (χ4n) is 2.82. The van der Waals surface area contributed by atoms with Gasteiger partial charge in [-0.3, -0.25) is 4.18 Å². The number of rotatable bonds is 11. The van der Waals surface area contributed by atoms with E-state index in [0.29, 0.717) is 0 Å². The van der Waals surface area contributed by atoms with Crippen LogP contribution in [0.3, 0.4) is 0 Å². The lowest BCUT2D eigenvalue weighted by Gasteiger charge is -2.18. The molecule has 0 unspecified atom stereocenters. The zero-order chi connectivity index (χ0) is 23.8. The van der Waals surface area contributed by atoms with Crippen LogP contribution in [0, 0.1) is 6.92 Å². The number of ether oxygens (including phenoxy) is 3. The van der Waals surface area contributed by atoms with E-state index in [1.165, 1.54) is 19.2 Å². The van der Waals surface area contributed by atoms with E-state index >= 15 is 0 Å². The van der Waals surface area contributed by atoms with Crippen molar-refractivity contribution in [1.82, 2.24) is 0 Å². The van der Waals surface area contributed by atoms with E-state index in [1.54, 1.807) is 17.5 Å². The minimum absolute atomic E-state index is 0.0317. The van der Waals surface area contributed by atoms with E-state index in [4.69, 9.17) is 19.4 Å². The van der Waals surface area contributed by atoms with Gasteiger partial charge in [-0.15, -0.1) is 11.3 Å². The van der Waals surface area contributed by atoms with Crippen LogP contribution in [-0.4, -0.2) is 40.8 Å². The van der Waals surface area contributed by atoms with Gasteiger partial charge in [-0.05, 0) is 24.6 Å². The number of carbonyl (C=O) groups is 1. The molecule has 1 heterocycles. The van der Waals surface area contributed by atoms with Gasteiger partial charge >= 0.3 is 5.97 Å². The van der Waals surface area contributed by atoms with Crippen molar-refractivity contribution in [1.29, 1.82) is 0 Å². The summed E-state index contributed by atoms with van der Waals surface area (Å²) in [6.07, 6.45) is -0.958. The monoisotopic (exact) mass is 491 g/mol. The van der Waals surface area contributed by atoms with Gasteiger partial charge in [-0.1, -0.05) is 48.0 Å². The molecule has 1 aromatic heterocycles. The maximum atomic E-state index is 12.8. The Morgan fingerprint density at radius 1 is 1.06 bits per heavy atom. The van der Waals surface area contributed by atoms with Crippen molar-refractivity contribution >= 4 is 33.1 Å². The Bertz CT molecular complexity index is 1160. The molecule has 0 fully saturated rings. The Balaban J connectivity index is 1.71. The highest BCUT2D eigenvalue weighted by Gasteiger charge is 2.24. The number of carbonyl (C=O) groups excluding carboxylic acids is 1. The second-order valence-corrected chi connectivity index (χ2v) is 9.58. The van der Waals surface area contributed by atoms with Gasteiger partial charge in [0, 0.05) is 5.38 Å². The van der Waals surface area contributed by atoms with Crippen LogP contribution in [0.5, 0.6) is 5.75 Å². The van der Waals surface area contributed by atoms with Gasteiger partial charge in [0.2, 0.25) is 0 Å². The van der Waals surface area contributed by atoms with Crippen LogP contribution in [0.4, 0.5) is 5.69 Å². The fourth-order valence-corrected chi connectivity index (χ4v) is 4.70. The lowest BCUT2D eigenvalue weighted by molar-refractivity contribution is 0.0219. The molecule has 0 aliphatic rings. The Kier molecular flexibility index (Phi) is 8.45. The molecule has 33 heavy (non-hydrogen) atoms. The summed E-state index contributed by atoms with van der Waals surface area (Å²) in [4.78, 5) is 12.0. The van der Waals surface area contributed by atoms with Gasteiger partial charge in [-0.2, -0.15) is 8.42 Å². The highest BCUT2D eigenvalue weighted by Crippen LogP contribution is 2.33. The highest BCUT2D eigenvalue weighted by atomic mass is 32.2. The van der Waals surface area contributed by atoms with E-state index < -0.39 is 22.2 Å². The average molecular weight is 492 g/mol. The molecule has 8 nitrogen and oxygen atoms in total. The number of nitrogen functional groups attached to an aromatic ring is 1. The molecule has 0 amide bonds. The fraction of sp³-hybridized carbons (Fsp3) is 0.261. The lowest BCUT2D eigenvalue weighted by atomic mass is 10.2. The molecule has 3 aromatic rings. The van der Waals surface area contributed by atoms with E-state index in [2.05, 4.69) is 4.74 Å². The highest BCUT2D eigenvalue weighted by molar-refractivity contribution is 7.86. The summed E-state index contributed by atoms with van der Waals surface area (Å²) in [5.74, 6) is -0.335. The van der Waals surface area contributed by atoms with Gasteiger partial charge in [0.25, 0.3) is 10.1 Å². The first-order valence-electron chi connectivity index (χ1n) is 10.00. The maximum Gasteiger partial charge on any atom is 0.350 e. The SMILES string of the molecule is COC(=O)c1scc(OC[C@@H](COCc2ccccc2)OS(=O)(=O)c2ccc(C)cc2)c1N. The molecular formula is C23H25NO7S2. The zero-order valence-electron chi connectivity index (χ0n) is 18.2. The van der Waals surface area contributed by atoms with E-state index in [1.807, 2.05) is 37.3 Å². The summed E-state index contributed by atoms with van der Waals surface area (Å²) >= 11 is 1.07. The molecule has 1 atom stereocenters. The van der Waals surface area contributed by atoms with Gasteiger partial charge < -0.3 is 19.9 Å². The van der Waals surface area contributed by atoms with Crippen LogP contribution in [0.2, 0.25) is 0 Å². The van der Waals surface area contributed by atoms with Gasteiger partial charge in [-0.25, -0.2) is 4.79 Å². The third-order valence-corrected chi connectivity index (χ3v) is 6.91. The van der Waals surface area contributed by atoms with Crippen molar-refractivity contribution in [3.63, 3.8) is 0 Å². The lowest BCUT2D eigenvalue weighted by Crippen LogP contribution is -2.30. The molecule has 0 radical (unpaired) electrons. The third-order valence-electron chi connectivity index (χ3n) is 4.58. The van der Waals surface area contributed by atoms with Crippen molar-refractivity contribution in [3.8, 4) is 5.75 Å². The number of hydrogen-bond acceptors (Lipinski definition) is 9. The molecule has 0 aliphatic carbocycles. The first-order chi connectivity index (χ1) is 15.8. The number of esters is 1. The second kappa shape index (κ2) is 11.3. The van der Waals surface area contributed by atoms with Crippen LogP contribution in [-0.2, 0) is 30.4 Å². The number of hydrogen-bond donors (Lipinski definition) is 1. The van der Waals surface area contributed by atoms with Gasteiger partial charge in [0.1, 0.15) is 17.6 Å². The summed E-state index contributed by atoms with van der Waals surface area (Å²) in [6.45, 7) is 1.92. The molecule has 10 heteroatoms. The van der Waals surface area contributed by atoms with E-state index in [-0.39, 0.29) is 41.0 Å². The Hall–Kier alpha value is -2.92. The number of methoxy groups -OCH3 is 1. The normalized spacial score (nSPS) is 12.3. The van der Waals surface area contributed by atoms with Crippen molar-refractivity contribution in [3.05, 3.63) is 76.0 Å². The molecule has 0 bridgehead atoms. The zero-order valence-corrected chi connectivity index (χ0v) is 19.9. The van der Waals surface area contributed by atoms with Crippen LogP contribution < -0.4 is 10.5 Å². The summed E-state index contributed by atoms with van der Waals surface area (Å²) in [5.41, 5.74) is 7.95. The largest absolute Gasteiger partial charge is 0.488 e. The number of anilines is 1. The van der Waals surface area contributed by atoms with Crippen molar-refractivity contribution in [2.75, 3.05) is 26.1 Å². The van der Waals surface area contributed by atoms with Crippen molar-refractivity contribution < 1.29 is 31.6 Å². The van der Waals surface area contributed by atoms with Crippen molar-refractivity contribution in [2.24, 2.45) is 0 Å². The number of aryl methyl sites for hydroxylation is 1. The van der Waals surface area contributed by atoms with E-state index in [9.17, 15) is 13.2 Å². The maximum absolute atomic E-state index is 12.8. The molecule has 0 spiro atoms. The predicted octanol–water partition coefficient (Wildman–Crippen LogP) is 3.80. The summed E-state index contributed by atoms with van der Waals surface area (Å²) < 4.78 is 47.1. The van der Waals surface area contributed by atoms with Crippen LogP contribution >= 0.6 is 11.3 Å². The number of benzene rings is 2. The molecule has 2 N–H and O–H groups in total. The summed E-state index contributed by atoms with van der Waals surface area (Å²) in [7, 11) is -2.80. The van der Waals surface area contributed by atoms with Crippen LogP contribution in [0.25, 0.3) is 0 Å². The van der Waals surface area contributed by atoms with Crippen molar-refractivity contribution in [2.45, 2.75) is 24.5 Å². The third kappa shape index (κ3) is 6.78. The summed E-state index contributed by atoms with van der Waals surface area (Å²) in [5, 5.41) is 1.55. The molecule has 0 aliphatic heterocycles. The number of thiophene rings is 1. The Morgan fingerprint density at radius 2 is 1.76 bits per heavy atom.